The van der Waals surface area contributed by atoms with Gasteiger partial charge in [-0.15, -0.1) is 0 Å². The van der Waals surface area contributed by atoms with Gasteiger partial charge >= 0.3 is 0 Å². The first kappa shape index (κ1) is 13.6. The molecular weight excluding hydrogens is 224 g/mol. The van der Waals surface area contributed by atoms with Crippen LogP contribution in [0.15, 0.2) is 11.6 Å². The lowest BCUT2D eigenvalue weighted by Gasteiger charge is -2.29. The lowest BCUT2D eigenvalue weighted by Crippen LogP contribution is -2.41. The van der Waals surface area contributed by atoms with Crippen molar-refractivity contribution >= 4 is 5.91 Å². The van der Waals surface area contributed by atoms with E-state index in [1.54, 1.807) is 0 Å². The monoisotopic (exact) mass is 250 g/mol. The van der Waals surface area contributed by atoms with Crippen molar-refractivity contribution in [3.63, 3.8) is 0 Å². The molecule has 0 aromatic rings. The largest absolute Gasteiger partial charge is 0.353 e. The summed E-state index contributed by atoms with van der Waals surface area (Å²) >= 11 is 0. The second-order valence-corrected chi connectivity index (χ2v) is 5.69. The fraction of sp³-hybridized carbons (Fsp3) is 0.800. The Balaban J connectivity index is 1.69. The molecule has 0 aliphatic heterocycles. The van der Waals surface area contributed by atoms with Crippen LogP contribution in [0.2, 0.25) is 0 Å². The molecule has 0 radical (unpaired) electrons. The van der Waals surface area contributed by atoms with Gasteiger partial charge < -0.3 is 10.6 Å². The summed E-state index contributed by atoms with van der Waals surface area (Å²) in [6.45, 7) is 0. The van der Waals surface area contributed by atoms with Crippen molar-refractivity contribution in [3.05, 3.63) is 11.6 Å². The van der Waals surface area contributed by atoms with Gasteiger partial charge in [0, 0.05) is 18.5 Å². The fourth-order valence-corrected chi connectivity index (χ4v) is 3.08. The van der Waals surface area contributed by atoms with Crippen molar-refractivity contribution in [2.75, 3.05) is 7.05 Å². The molecule has 1 fully saturated rings. The predicted molar refractivity (Wildman–Crippen MR) is 74.4 cm³/mol. The standard InChI is InChI=1S/C15H26N2O/c1-16-13-7-9-14(10-8-13)17-15(18)11-12-5-3-2-4-6-12/h5,13-14,16H,2-4,6-11H2,1H3,(H,17,18). The zero-order valence-corrected chi connectivity index (χ0v) is 11.5. The van der Waals surface area contributed by atoms with E-state index in [0.717, 1.165) is 25.7 Å². The molecular formula is C15H26N2O. The van der Waals surface area contributed by atoms with Gasteiger partial charge in [0.1, 0.15) is 0 Å². The third-order valence-corrected chi connectivity index (χ3v) is 4.27. The number of hydrogen-bond donors (Lipinski definition) is 2. The minimum atomic E-state index is 0.232. The number of carbonyl (C=O) groups is 1. The van der Waals surface area contributed by atoms with E-state index in [1.165, 1.54) is 31.3 Å². The van der Waals surface area contributed by atoms with E-state index < -0.39 is 0 Å². The summed E-state index contributed by atoms with van der Waals surface area (Å²) in [7, 11) is 2.03. The highest BCUT2D eigenvalue weighted by molar-refractivity contribution is 5.78. The molecule has 2 aliphatic carbocycles. The number of allylic oxidation sites excluding steroid dienone is 1. The van der Waals surface area contributed by atoms with Crippen molar-refractivity contribution in [2.24, 2.45) is 0 Å². The molecule has 0 spiro atoms. The number of hydrogen-bond acceptors (Lipinski definition) is 2. The molecule has 0 saturated heterocycles. The molecule has 0 heterocycles. The third kappa shape index (κ3) is 4.13. The van der Waals surface area contributed by atoms with E-state index in [9.17, 15) is 4.79 Å². The highest BCUT2D eigenvalue weighted by Gasteiger charge is 2.21. The van der Waals surface area contributed by atoms with Crippen LogP contribution in [-0.4, -0.2) is 25.0 Å². The maximum absolute atomic E-state index is 12.0. The summed E-state index contributed by atoms with van der Waals surface area (Å²) in [5.74, 6) is 0.232. The van der Waals surface area contributed by atoms with Gasteiger partial charge in [-0.25, -0.2) is 0 Å². The van der Waals surface area contributed by atoms with Crippen LogP contribution in [0.3, 0.4) is 0 Å². The van der Waals surface area contributed by atoms with E-state index in [0.29, 0.717) is 18.5 Å². The Morgan fingerprint density at radius 3 is 2.56 bits per heavy atom. The normalized spacial score (nSPS) is 28.6. The van der Waals surface area contributed by atoms with E-state index in [2.05, 4.69) is 16.7 Å². The Morgan fingerprint density at radius 1 is 1.22 bits per heavy atom. The quantitative estimate of drug-likeness (QED) is 0.753. The molecule has 0 aromatic heterocycles. The van der Waals surface area contributed by atoms with Gasteiger partial charge in [-0.1, -0.05) is 11.6 Å². The van der Waals surface area contributed by atoms with Gasteiger partial charge in [0.25, 0.3) is 0 Å². The molecule has 2 N–H and O–H groups in total. The summed E-state index contributed by atoms with van der Waals surface area (Å²) in [6, 6.07) is 1.06. The Bertz CT molecular complexity index is 304. The van der Waals surface area contributed by atoms with Crippen LogP contribution in [0.1, 0.15) is 57.8 Å². The van der Waals surface area contributed by atoms with Crippen LogP contribution in [0.5, 0.6) is 0 Å². The van der Waals surface area contributed by atoms with Crippen molar-refractivity contribution in [3.8, 4) is 0 Å². The number of rotatable bonds is 4. The van der Waals surface area contributed by atoms with Crippen molar-refractivity contribution in [1.29, 1.82) is 0 Å². The second-order valence-electron chi connectivity index (χ2n) is 5.69. The van der Waals surface area contributed by atoms with Crippen LogP contribution >= 0.6 is 0 Å². The first-order chi connectivity index (χ1) is 8.78. The van der Waals surface area contributed by atoms with E-state index in [1.807, 2.05) is 7.05 Å². The van der Waals surface area contributed by atoms with E-state index in [4.69, 9.17) is 0 Å². The summed E-state index contributed by atoms with van der Waals surface area (Å²) in [4.78, 5) is 12.0. The van der Waals surface area contributed by atoms with Gasteiger partial charge in [0.15, 0.2) is 0 Å². The molecule has 0 bridgehead atoms. The Morgan fingerprint density at radius 2 is 1.94 bits per heavy atom. The van der Waals surface area contributed by atoms with Gasteiger partial charge in [0.05, 0.1) is 0 Å². The van der Waals surface area contributed by atoms with Crippen LogP contribution in [-0.2, 0) is 4.79 Å². The lowest BCUT2D eigenvalue weighted by atomic mass is 9.91. The zero-order chi connectivity index (χ0) is 12.8. The lowest BCUT2D eigenvalue weighted by molar-refractivity contribution is -0.121. The average molecular weight is 250 g/mol. The predicted octanol–water partition coefficient (Wildman–Crippen LogP) is 2.52. The molecule has 1 amide bonds. The maximum atomic E-state index is 12.0. The van der Waals surface area contributed by atoms with Crippen molar-refractivity contribution < 1.29 is 4.79 Å². The minimum absolute atomic E-state index is 0.232. The molecule has 0 aromatic carbocycles. The Hall–Kier alpha value is -0.830. The fourth-order valence-electron chi connectivity index (χ4n) is 3.08. The molecule has 2 rings (SSSR count). The molecule has 3 heteroatoms. The minimum Gasteiger partial charge on any atom is -0.353 e. The second kappa shape index (κ2) is 6.93. The smallest absolute Gasteiger partial charge is 0.224 e. The average Bonchev–Trinajstić information content (AvgIpc) is 2.40. The molecule has 0 unspecified atom stereocenters. The topological polar surface area (TPSA) is 41.1 Å². The SMILES string of the molecule is CNC1CCC(NC(=O)CC2=CCCCC2)CC1. The maximum Gasteiger partial charge on any atom is 0.224 e. The zero-order valence-electron chi connectivity index (χ0n) is 11.5. The number of nitrogens with one attached hydrogen (secondary N) is 2. The molecule has 18 heavy (non-hydrogen) atoms. The van der Waals surface area contributed by atoms with Crippen LogP contribution in [0.4, 0.5) is 0 Å². The van der Waals surface area contributed by atoms with Gasteiger partial charge in [-0.05, 0) is 58.4 Å². The highest BCUT2D eigenvalue weighted by Crippen LogP contribution is 2.21. The summed E-state index contributed by atoms with van der Waals surface area (Å²) in [5.41, 5.74) is 1.35. The summed E-state index contributed by atoms with van der Waals surface area (Å²) in [5, 5.41) is 6.52. The van der Waals surface area contributed by atoms with Crippen LogP contribution < -0.4 is 10.6 Å². The molecule has 2 aliphatic rings. The summed E-state index contributed by atoms with van der Waals surface area (Å²) < 4.78 is 0. The molecule has 102 valence electrons. The van der Waals surface area contributed by atoms with Crippen LogP contribution in [0.25, 0.3) is 0 Å². The molecule has 3 nitrogen and oxygen atoms in total. The highest BCUT2D eigenvalue weighted by atomic mass is 16.1. The van der Waals surface area contributed by atoms with Crippen LogP contribution in [0, 0.1) is 0 Å². The first-order valence-corrected chi connectivity index (χ1v) is 7.42. The van der Waals surface area contributed by atoms with Crippen molar-refractivity contribution in [2.45, 2.75) is 69.9 Å². The molecule has 1 saturated carbocycles. The van der Waals surface area contributed by atoms with Crippen molar-refractivity contribution in [1.82, 2.24) is 10.6 Å². The van der Waals surface area contributed by atoms with E-state index in [-0.39, 0.29) is 5.91 Å². The molecule has 0 atom stereocenters. The van der Waals surface area contributed by atoms with Gasteiger partial charge in [-0.2, -0.15) is 0 Å². The number of carbonyl (C=O) groups excluding carboxylic acids is 1. The third-order valence-electron chi connectivity index (χ3n) is 4.27. The van der Waals surface area contributed by atoms with E-state index >= 15 is 0 Å². The summed E-state index contributed by atoms with van der Waals surface area (Å²) in [6.07, 6.45) is 12.3. The Labute approximate surface area is 110 Å². The van der Waals surface area contributed by atoms with Gasteiger partial charge in [-0.3, -0.25) is 4.79 Å². The first-order valence-electron chi connectivity index (χ1n) is 7.42. The number of amides is 1. The Kier molecular flexibility index (Phi) is 5.24. The van der Waals surface area contributed by atoms with Gasteiger partial charge in [0.2, 0.25) is 5.91 Å².